The van der Waals surface area contributed by atoms with Crippen molar-refractivity contribution in [2.75, 3.05) is 7.11 Å². The SMILES string of the molecule is COC(=O)c1cc(C)c(C#Cc2cnc(Cl)cc2/C(C)=N/O)cn1. The monoisotopic (exact) mass is 343 g/mol. The second-order valence-corrected chi connectivity index (χ2v) is 5.25. The van der Waals surface area contributed by atoms with Crippen LogP contribution >= 0.6 is 11.6 Å². The van der Waals surface area contributed by atoms with E-state index in [-0.39, 0.29) is 10.8 Å². The van der Waals surface area contributed by atoms with Crippen molar-refractivity contribution >= 4 is 23.3 Å². The van der Waals surface area contributed by atoms with Crippen molar-refractivity contribution in [3.8, 4) is 11.8 Å². The van der Waals surface area contributed by atoms with E-state index in [1.807, 2.05) is 6.92 Å². The Morgan fingerprint density at radius 1 is 1.25 bits per heavy atom. The first kappa shape index (κ1) is 17.4. The van der Waals surface area contributed by atoms with E-state index < -0.39 is 5.97 Å². The lowest BCUT2D eigenvalue weighted by Gasteiger charge is -2.03. The van der Waals surface area contributed by atoms with Crippen LogP contribution in [0.25, 0.3) is 0 Å². The normalized spacial score (nSPS) is 10.8. The van der Waals surface area contributed by atoms with Crippen molar-refractivity contribution in [2.45, 2.75) is 13.8 Å². The van der Waals surface area contributed by atoms with Crippen molar-refractivity contribution in [3.05, 3.63) is 57.6 Å². The van der Waals surface area contributed by atoms with Crippen molar-refractivity contribution in [1.29, 1.82) is 0 Å². The van der Waals surface area contributed by atoms with Gasteiger partial charge in [0.25, 0.3) is 0 Å². The summed E-state index contributed by atoms with van der Waals surface area (Å²) in [5.74, 6) is 5.42. The van der Waals surface area contributed by atoms with E-state index in [1.165, 1.54) is 19.5 Å². The number of aryl methyl sites for hydroxylation is 1. The molecule has 0 bridgehead atoms. The van der Waals surface area contributed by atoms with Crippen LogP contribution in [0.4, 0.5) is 0 Å². The minimum absolute atomic E-state index is 0.220. The van der Waals surface area contributed by atoms with Crippen molar-refractivity contribution in [1.82, 2.24) is 9.97 Å². The molecule has 122 valence electrons. The molecule has 0 amide bonds. The number of nitrogens with zero attached hydrogens (tertiary/aromatic N) is 3. The van der Waals surface area contributed by atoms with E-state index in [0.717, 1.165) is 5.56 Å². The molecule has 0 saturated carbocycles. The van der Waals surface area contributed by atoms with Gasteiger partial charge >= 0.3 is 5.97 Å². The van der Waals surface area contributed by atoms with Gasteiger partial charge in [-0.1, -0.05) is 28.6 Å². The maximum Gasteiger partial charge on any atom is 0.356 e. The number of hydrogen-bond acceptors (Lipinski definition) is 6. The predicted molar refractivity (Wildman–Crippen MR) is 89.5 cm³/mol. The smallest absolute Gasteiger partial charge is 0.356 e. The Kier molecular flexibility index (Phi) is 5.51. The molecule has 0 unspecified atom stereocenters. The highest BCUT2D eigenvalue weighted by atomic mass is 35.5. The minimum Gasteiger partial charge on any atom is -0.464 e. The number of carbonyl (C=O) groups excluding carboxylic acids is 1. The first-order valence-corrected chi connectivity index (χ1v) is 7.25. The molecule has 2 rings (SSSR count). The number of oxime groups is 1. The van der Waals surface area contributed by atoms with Crippen molar-refractivity contribution < 1.29 is 14.7 Å². The summed E-state index contributed by atoms with van der Waals surface area (Å²) in [5.41, 5.74) is 3.18. The van der Waals surface area contributed by atoms with Crippen molar-refractivity contribution in [3.63, 3.8) is 0 Å². The van der Waals surface area contributed by atoms with E-state index >= 15 is 0 Å². The summed E-state index contributed by atoms with van der Waals surface area (Å²) in [6.07, 6.45) is 3.01. The van der Waals surface area contributed by atoms with Gasteiger partial charge in [0.1, 0.15) is 10.8 Å². The average Bonchev–Trinajstić information content (AvgIpc) is 2.59. The fourth-order valence-corrected chi connectivity index (χ4v) is 2.08. The fraction of sp³-hybridized carbons (Fsp3) is 0.176. The number of carbonyl (C=O) groups is 1. The molecule has 0 spiro atoms. The summed E-state index contributed by atoms with van der Waals surface area (Å²) in [6, 6.07) is 3.18. The highest BCUT2D eigenvalue weighted by Crippen LogP contribution is 2.14. The molecular formula is C17H14ClN3O3. The summed E-state index contributed by atoms with van der Waals surface area (Å²) < 4.78 is 4.63. The molecule has 0 aliphatic heterocycles. The highest BCUT2D eigenvalue weighted by molar-refractivity contribution is 6.29. The number of pyridine rings is 2. The van der Waals surface area contributed by atoms with E-state index in [4.69, 9.17) is 16.8 Å². The summed E-state index contributed by atoms with van der Waals surface area (Å²) in [4.78, 5) is 19.5. The Labute approximate surface area is 144 Å². The third kappa shape index (κ3) is 3.89. The topological polar surface area (TPSA) is 84.7 Å². The average molecular weight is 344 g/mol. The van der Waals surface area contributed by atoms with Crippen LogP contribution in [-0.4, -0.2) is 34.0 Å². The molecule has 7 heteroatoms. The molecule has 0 aromatic carbocycles. The first-order chi connectivity index (χ1) is 11.5. The van der Waals surface area contributed by atoms with Crippen LogP contribution in [-0.2, 0) is 4.74 Å². The van der Waals surface area contributed by atoms with Gasteiger partial charge in [0.15, 0.2) is 0 Å². The van der Waals surface area contributed by atoms with Gasteiger partial charge in [-0.25, -0.2) is 14.8 Å². The first-order valence-electron chi connectivity index (χ1n) is 6.87. The fourth-order valence-electron chi connectivity index (χ4n) is 1.92. The number of methoxy groups -OCH3 is 1. The third-order valence-electron chi connectivity index (χ3n) is 3.25. The summed E-state index contributed by atoms with van der Waals surface area (Å²) in [5, 5.41) is 12.4. The molecule has 0 aliphatic carbocycles. The summed E-state index contributed by atoms with van der Waals surface area (Å²) in [6.45, 7) is 3.45. The standard InChI is InChI=1S/C17H14ClN3O3/c1-10-6-15(17(22)24-3)19-8-12(10)4-5-13-9-20-16(18)7-14(13)11(2)21-23/h6-9,23H,1-3H3/b21-11+. The zero-order valence-electron chi connectivity index (χ0n) is 13.3. The maximum absolute atomic E-state index is 11.5. The molecule has 0 radical (unpaired) electrons. The molecule has 6 nitrogen and oxygen atoms in total. The zero-order chi connectivity index (χ0) is 17.7. The van der Waals surface area contributed by atoms with E-state index in [2.05, 4.69) is 31.7 Å². The van der Waals surface area contributed by atoms with Crippen LogP contribution in [0.5, 0.6) is 0 Å². The number of ether oxygens (including phenoxy) is 1. The second-order valence-electron chi connectivity index (χ2n) is 4.86. The lowest BCUT2D eigenvalue weighted by molar-refractivity contribution is 0.0594. The predicted octanol–water partition coefficient (Wildman–Crippen LogP) is 2.82. The number of aromatic nitrogens is 2. The maximum atomic E-state index is 11.5. The van der Waals surface area contributed by atoms with Gasteiger partial charge in [-0.3, -0.25) is 0 Å². The van der Waals surface area contributed by atoms with Crippen LogP contribution in [0, 0.1) is 18.8 Å². The Morgan fingerprint density at radius 2 is 1.92 bits per heavy atom. The lowest BCUT2D eigenvalue weighted by atomic mass is 10.1. The van der Waals surface area contributed by atoms with Crippen LogP contribution in [0.2, 0.25) is 5.15 Å². The largest absolute Gasteiger partial charge is 0.464 e. The van der Waals surface area contributed by atoms with Gasteiger partial charge in [0, 0.05) is 23.5 Å². The molecule has 1 N–H and O–H groups in total. The Hall–Kier alpha value is -2.91. The van der Waals surface area contributed by atoms with E-state index in [1.54, 1.807) is 19.1 Å². The highest BCUT2D eigenvalue weighted by Gasteiger charge is 2.09. The molecule has 2 aromatic rings. The molecular weight excluding hydrogens is 330 g/mol. The van der Waals surface area contributed by atoms with Gasteiger partial charge in [-0.2, -0.15) is 0 Å². The van der Waals surface area contributed by atoms with Gasteiger partial charge in [0.2, 0.25) is 0 Å². The summed E-state index contributed by atoms with van der Waals surface area (Å²) in [7, 11) is 1.30. The van der Waals surface area contributed by atoms with Crippen molar-refractivity contribution in [2.24, 2.45) is 5.16 Å². The molecule has 2 aromatic heterocycles. The minimum atomic E-state index is -0.503. The lowest BCUT2D eigenvalue weighted by Crippen LogP contribution is -2.05. The molecule has 0 fully saturated rings. The van der Waals surface area contributed by atoms with Gasteiger partial charge in [-0.15, -0.1) is 0 Å². The van der Waals surface area contributed by atoms with E-state index in [9.17, 15) is 4.79 Å². The van der Waals surface area contributed by atoms with Gasteiger partial charge in [-0.05, 0) is 31.5 Å². The summed E-state index contributed by atoms with van der Waals surface area (Å²) >= 11 is 5.87. The number of hydrogen-bond donors (Lipinski definition) is 1. The quantitative estimate of drug-likeness (QED) is 0.226. The second kappa shape index (κ2) is 7.57. The third-order valence-corrected chi connectivity index (χ3v) is 3.45. The van der Waals surface area contributed by atoms with Crippen LogP contribution in [0.3, 0.4) is 0 Å². The Morgan fingerprint density at radius 3 is 2.54 bits per heavy atom. The number of halogens is 1. The number of rotatable bonds is 2. The Bertz CT molecular complexity index is 882. The molecule has 24 heavy (non-hydrogen) atoms. The molecule has 0 saturated heterocycles. The van der Waals surface area contributed by atoms with E-state index in [0.29, 0.717) is 22.4 Å². The Balaban J connectivity index is 2.42. The van der Waals surface area contributed by atoms with Crippen LogP contribution < -0.4 is 0 Å². The molecule has 0 aliphatic rings. The molecule has 0 atom stereocenters. The van der Waals surface area contributed by atoms with Gasteiger partial charge in [0.05, 0.1) is 18.4 Å². The van der Waals surface area contributed by atoms with Crippen LogP contribution in [0.1, 0.15) is 39.7 Å². The van der Waals surface area contributed by atoms with Gasteiger partial charge < -0.3 is 9.94 Å². The van der Waals surface area contributed by atoms with Crippen LogP contribution in [0.15, 0.2) is 29.7 Å². The zero-order valence-corrected chi connectivity index (χ0v) is 14.0. The number of esters is 1. The molecule has 2 heterocycles.